The van der Waals surface area contributed by atoms with Gasteiger partial charge in [0.1, 0.15) is 11.3 Å². The molecular weight excluding hydrogens is 532 g/mol. The molecule has 9 rings (SSSR count). The Bertz CT molecular complexity index is 1920. The van der Waals surface area contributed by atoms with Crippen LogP contribution >= 0.6 is 0 Å². The average molecular weight is 570 g/mol. The summed E-state index contributed by atoms with van der Waals surface area (Å²) in [4.78, 5) is 15.9. The second-order valence-electron chi connectivity index (χ2n) is 13.0. The Hall–Kier alpha value is -4.12. The molecule has 0 aromatic heterocycles. The molecule has 3 aromatic rings. The largest absolute Gasteiger partial charge is 0.462 e. The average Bonchev–Trinajstić information content (AvgIpc) is 3.84. The van der Waals surface area contributed by atoms with Crippen LogP contribution < -0.4 is 14.8 Å². The van der Waals surface area contributed by atoms with E-state index in [1.807, 2.05) is 19.1 Å². The second kappa shape index (κ2) is 9.70. The van der Waals surface area contributed by atoms with E-state index in [1.165, 1.54) is 62.4 Å². The van der Waals surface area contributed by atoms with Gasteiger partial charge in [-0.2, -0.15) is 0 Å². The number of carbonyl (C=O) groups is 1. The molecule has 0 unspecified atom stereocenters. The lowest BCUT2D eigenvalue weighted by Crippen LogP contribution is -2.33. The van der Waals surface area contributed by atoms with Crippen molar-refractivity contribution in [2.45, 2.75) is 82.5 Å². The van der Waals surface area contributed by atoms with Gasteiger partial charge in [-0.25, -0.2) is 9.37 Å². The third kappa shape index (κ3) is 3.83. The lowest BCUT2D eigenvalue weighted by molar-refractivity contribution is 0.0528. The monoisotopic (exact) mass is 569 g/mol. The number of benzene rings is 4. The van der Waals surface area contributed by atoms with Gasteiger partial charge < -0.3 is 14.1 Å². The Balaban J connectivity index is 1.34. The van der Waals surface area contributed by atoms with Crippen molar-refractivity contribution >= 4 is 33.4 Å². The summed E-state index contributed by atoms with van der Waals surface area (Å²) in [6, 6.07) is 28.5. The Labute approximate surface area is 251 Å². The smallest absolute Gasteiger partial charge is 0.338 e. The van der Waals surface area contributed by atoms with Crippen molar-refractivity contribution in [3.8, 4) is 22.5 Å². The van der Waals surface area contributed by atoms with Crippen LogP contribution in [0.1, 0.15) is 68.6 Å². The number of hydrogen-bond acceptors (Lipinski definition) is 4. The van der Waals surface area contributed by atoms with Crippen LogP contribution in [0.3, 0.4) is 0 Å². The number of hydrogen-bond donors (Lipinski definition) is 0. The molecule has 0 radical (unpaired) electrons. The van der Waals surface area contributed by atoms with Crippen LogP contribution in [0.4, 0.5) is 5.69 Å². The zero-order valence-electron chi connectivity index (χ0n) is 24.7. The van der Waals surface area contributed by atoms with Gasteiger partial charge in [-0.15, -0.1) is 0 Å². The van der Waals surface area contributed by atoms with Gasteiger partial charge >= 0.3 is 5.97 Å². The number of rotatable bonds is 4. The van der Waals surface area contributed by atoms with Crippen LogP contribution in [0.15, 0.2) is 77.2 Å². The summed E-state index contributed by atoms with van der Waals surface area (Å²) in [6.45, 7) is 2.20. The lowest BCUT2D eigenvalue weighted by atomic mass is 9.88. The van der Waals surface area contributed by atoms with E-state index in [9.17, 15) is 4.79 Å². The molecule has 0 amide bonds. The summed E-state index contributed by atoms with van der Waals surface area (Å²) >= 11 is 0. The molecule has 216 valence electrons. The molecule has 4 fully saturated rings. The fourth-order valence-corrected chi connectivity index (χ4v) is 9.08. The summed E-state index contributed by atoms with van der Waals surface area (Å²) in [6.07, 6.45) is 10.3. The molecule has 4 saturated heterocycles. The van der Waals surface area contributed by atoms with Gasteiger partial charge in [0.25, 0.3) is 0 Å². The van der Waals surface area contributed by atoms with E-state index in [1.54, 1.807) is 0 Å². The van der Waals surface area contributed by atoms with Gasteiger partial charge in [0.2, 0.25) is 5.36 Å². The van der Waals surface area contributed by atoms with E-state index < -0.39 is 0 Å². The number of anilines is 1. The minimum atomic E-state index is -0.284. The molecule has 5 nitrogen and oxygen atoms in total. The van der Waals surface area contributed by atoms with Crippen molar-refractivity contribution in [1.82, 2.24) is 4.58 Å². The van der Waals surface area contributed by atoms with Crippen molar-refractivity contribution in [2.75, 3.05) is 11.5 Å². The Kier molecular flexibility index (Phi) is 5.73. The zero-order chi connectivity index (χ0) is 28.7. The standard InChI is InChI=1S/C38H37N2O3/c1-2-42-38(41)33-8-4-6-23-5-3-7-32(36(23)33)37-30-19-17-28(39-24-9-10-25(39)12-11-24)21-34(30)43-35-22-29(18-20-31(35)37)40-26-13-14-27(40)16-15-26/h3-8,17-22,24-27H,2,9-16H2,1H3/q+1. The van der Waals surface area contributed by atoms with Gasteiger partial charge in [-0.3, -0.25) is 0 Å². The third-order valence-corrected chi connectivity index (χ3v) is 10.9. The number of fused-ring (bicyclic) bond motifs is 7. The molecule has 5 heterocycles. The van der Waals surface area contributed by atoms with Crippen molar-refractivity contribution < 1.29 is 13.9 Å². The van der Waals surface area contributed by atoms with Crippen LogP contribution in [0.25, 0.3) is 44.2 Å². The number of carbonyl (C=O) groups excluding carboxylic acids is 1. The van der Waals surface area contributed by atoms with Crippen LogP contribution in [0.2, 0.25) is 0 Å². The van der Waals surface area contributed by atoms with E-state index in [0.717, 1.165) is 44.2 Å². The van der Waals surface area contributed by atoms with E-state index in [4.69, 9.17) is 9.15 Å². The first-order valence-corrected chi connectivity index (χ1v) is 16.3. The highest BCUT2D eigenvalue weighted by Gasteiger charge is 2.44. The minimum absolute atomic E-state index is 0.284. The van der Waals surface area contributed by atoms with Crippen LogP contribution in [-0.2, 0) is 4.74 Å². The summed E-state index contributed by atoms with van der Waals surface area (Å²) in [7, 11) is 0. The summed E-state index contributed by atoms with van der Waals surface area (Å²) in [5.41, 5.74) is 6.00. The Morgan fingerprint density at radius 2 is 1.56 bits per heavy atom. The summed E-state index contributed by atoms with van der Waals surface area (Å²) in [5, 5.41) is 4.30. The fourth-order valence-electron chi connectivity index (χ4n) is 9.08. The number of ether oxygens (including phenoxy) is 1. The van der Waals surface area contributed by atoms with Gasteiger partial charge in [-0.1, -0.05) is 30.3 Å². The zero-order valence-corrected chi connectivity index (χ0v) is 24.7. The molecule has 0 saturated carbocycles. The minimum Gasteiger partial charge on any atom is -0.462 e. The van der Waals surface area contributed by atoms with Crippen molar-refractivity contribution in [3.05, 3.63) is 83.7 Å². The molecular formula is C38H37N2O3+. The molecule has 3 aromatic carbocycles. The third-order valence-electron chi connectivity index (χ3n) is 10.9. The maximum atomic E-state index is 13.2. The predicted molar refractivity (Wildman–Crippen MR) is 172 cm³/mol. The predicted octanol–water partition coefficient (Wildman–Crippen LogP) is 7.76. The quantitative estimate of drug-likeness (QED) is 0.126. The van der Waals surface area contributed by atoms with Gasteiger partial charge in [0.05, 0.1) is 18.2 Å². The summed E-state index contributed by atoms with van der Waals surface area (Å²) in [5.74, 6) is 0.617. The highest BCUT2D eigenvalue weighted by Crippen LogP contribution is 2.46. The van der Waals surface area contributed by atoms with Crippen LogP contribution in [-0.4, -0.2) is 36.7 Å². The maximum absolute atomic E-state index is 13.2. The normalized spacial score (nSPS) is 24.2. The first-order chi connectivity index (χ1) is 21.2. The van der Waals surface area contributed by atoms with Gasteiger partial charge in [-0.05, 0) is 67.8 Å². The molecule has 0 spiro atoms. The Morgan fingerprint density at radius 1 is 0.837 bits per heavy atom. The molecule has 4 bridgehead atoms. The van der Waals surface area contributed by atoms with Gasteiger partial charge in [0, 0.05) is 77.5 Å². The van der Waals surface area contributed by atoms with Crippen molar-refractivity contribution in [1.29, 1.82) is 0 Å². The topological polar surface area (TPSA) is 45.7 Å². The Morgan fingerprint density at radius 3 is 2.28 bits per heavy atom. The van der Waals surface area contributed by atoms with Crippen LogP contribution in [0.5, 0.6) is 0 Å². The van der Waals surface area contributed by atoms with E-state index in [0.29, 0.717) is 36.3 Å². The molecule has 6 aliphatic rings. The first kappa shape index (κ1) is 25.4. The number of esters is 1. The molecule has 43 heavy (non-hydrogen) atoms. The van der Waals surface area contributed by atoms with Crippen molar-refractivity contribution in [2.24, 2.45) is 0 Å². The highest BCUT2D eigenvalue weighted by atomic mass is 16.5. The molecule has 1 aliphatic carbocycles. The molecule has 0 N–H and O–H groups in total. The maximum Gasteiger partial charge on any atom is 0.338 e. The van der Waals surface area contributed by atoms with E-state index in [-0.39, 0.29) is 5.97 Å². The fraction of sp³-hybridized carbons (Fsp3) is 0.368. The van der Waals surface area contributed by atoms with E-state index in [2.05, 4.69) is 70.1 Å². The molecule has 0 atom stereocenters. The van der Waals surface area contributed by atoms with Crippen LogP contribution in [0, 0.1) is 0 Å². The van der Waals surface area contributed by atoms with E-state index >= 15 is 0 Å². The lowest BCUT2D eigenvalue weighted by Gasteiger charge is -2.25. The molecule has 5 aliphatic heterocycles. The number of nitrogens with zero attached hydrogens (tertiary/aromatic N) is 2. The van der Waals surface area contributed by atoms with Gasteiger partial charge in [0.15, 0.2) is 12.1 Å². The van der Waals surface area contributed by atoms with Crippen molar-refractivity contribution in [3.63, 3.8) is 0 Å². The first-order valence-electron chi connectivity index (χ1n) is 16.3. The second-order valence-corrected chi connectivity index (χ2v) is 13.0. The summed E-state index contributed by atoms with van der Waals surface area (Å²) < 4.78 is 15.1. The molecule has 5 heteroatoms. The SMILES string of the molecule is CCOC(=O)c1cccc2cccc(-c3c4ccc(=[N+]5C6CCC5CC6)cc-4oc4cc(N5C6CCC5CC6)ccc34)c12. The highest BCUT2D eigenvalue weighted by molar-refractivity contribution is 6.15.